The summed E-state index contributed by atoms with van der Waals surface area (Å²) in [6.45, 7) is 1.97. The first kappa shape index (κ1) is 17.2. The van der Waals surface area contributed by atoms with Crippen LogP contribution in [0, 0.1) is 6.92 Å². The van der Waals surface area contributed by atoms with Crippen molar-refractivity contribution < 1.29 is 9.53 Å². The third kappa shape index (κ3) is 3.27. The fourth-order valence-electron chi connectivity index (χ4n) is 2.41. The predicted molar refractivity (Wildman–Crippen MR) is 108 cm³/mol. The van der Waals surface area contributed by atoms with Gasteiger partial charge in [0, 0.05) is 0 Å². The second kappa shape index (κ2) is 7.09. The number of anilines is 1. The number of hydrogen-bond acceptors (Lipinski definition) is 4. The zero-order valence-corrected chi connectivity index (χ0v) is 16.3. The highest BCUT2D eigenvalue weighted by atomic mass is 79.9. The molecule has 1 aliphatic rings. The first-order valence-corrected chi connectivity index (χ1v) is 9.20. The molecule has 6 heteroatoms. The zero-order valence-electron chi connectivity index (χ0n) is 13.1. The summed E-state index contributed by atoms with van der Waals surface area (Å²) < 4.78 is 6.62. The quantitative estimate of drug-likeness (QED) is 0.506. The molecule has 3 nitrogen and oxygen atoms in total. The van der Waals surface area contributed by atoms with Gasteiger partial charge in [-0.05, 0) is 58.3 Å². The standard InChI is InChI=1S/C18H14BrNO2S2/c1-11-5-3-4-6-14(11)20-17(21)16(24-18(20)23)10-12-7-8-15(22-2)13(19)9-12/h3-10H,1-2H3/b16-10-. The van der Waals surface area contributed by atoms with Crippen molar-refractivity contribution in [3.8, 4) is 5.75 Å². The van der Waals surface area contributed by atoms with Crippen molar-refractivity contribution in [2.45, 2.75) is 6.92 Å². The Bertz CT molecular complexity index is 864. The number of benzene rings is 2. The molecule has 122 valence electrons. The number of para-hydroxylation sites is 1. The Morgan fingerprint density at radius 1 is 1.25 bits per heavy atom. The summed E-state index contributed by atoms with van der Waals surface area (Å²) in [6.07, 6.45) is 1.85. The SMILES string of the molecule is COc1ccc(/C=C2\SC(=S)N(c3ccccc3C)C2=O)cc1Br. The van der Waals surface area contributed by atoms with Gasteiger partial charge in [0.1, 0.15) is 5.75 Å². The lowest BCUT2D eigenvalue weighted by Crippen LogP contribution is -2.28. The number of methoxy groups -OCH3 is 1. The van der Waals surface area contributed by atoms with E-state index < -0.39 is 0 Å². The maximum absolute atomic E-state index is 12.8. The minimum absolute atomic E-state index is 0.0914. The Labute approximate surface area is 158 Å². The van der Waals surface area contributed by atoms with Gasteiger partial charge in [-0.3, -0.25) is 9.69 Å². The molecule has 0 atom stereocenters. The molecule has 1 heterocycles. The average Bonchev–Trinajstić information content (AvgIpc) is 2.82. The molecule has 1 aliphatic heterocycles. The first-order chi connectivity index (χ1) is 11.5. The Balaban J connectivity index is 1.94. The molecule has 0 radical (unpaired) electrons. The van der Waals surface area contributed by atoms with Crippen LogP contribution in [0.15, 0.2) is 51.8 Å². The third-order valence-corrected chi connectivity index (χ3v) is 5.55. The zero-order chi connectivity index (χ0) is 17.3. The molecule has 1 amide bonds. The Morgan fingerprint density at radius 3 is 2.67 bits per heavy atom. The number of aryl methyl sites for hydroxylation is 1. The molecule has 3 rings (SSSR count). The lowest BCUT2D eigenvalue weighted by molar-refractivity contribution is -0.113. The van der Waals surface area contributed by atoms with E-state index in [-0.39, 0.29) is 5.91 Å². The van der Waals surface area contributed by atoms with Crippen molar-refractivity contribution in [3.05, 3.63) is 63.0 Å². The number of carbonyl (C=O) groups is 1. The molecule has 2 aromatic carbocycles. The van der Waals surface area contributed by atoms with Crippen LogP contribution in [0.1, 0.15) is 11.1 Å². The third-order valence-electron chi connectivity index (χ3n) is 3.62. The maximum atomic E-state index is 12.8. The summed E-state index contributed by atoms with van der Waals surface area (Å²) in [6, 6.07) is 13.4. The van der Waals surface area contributed by atoms with E-state index in [2.05, 4.69) is 15.9 Å². The minimum atomic E-state index is -0.0914. The summed E-state index contributed by atoms with van der Waals surface area (Å²) in [5.41, 5.74) is 2.76. The van der Waals surface area contributed by atoms with E-state index in [1.807, 2.05) is 55.5 Å². The van der Waals surface area contributed by atoms with Crippen LogP contribution in [-0.2, 0) is 4.79 Å². The second-order valence-corrected chi connectivity index (χ2v) is 7.73. The van der Waals surface area contributed by atoms with Crippen LogP contribution < -0.4 is 9.64 Å². The number of thiocarbonyl (C=S) groups is 1. The molecule has 0 bridgehead atoms. The van der Waals surface area contributed by atoms with Gasteiger partial charge in [0.15, 0.2) is 4.32 Å². The van der Waals surface area contributed by atoms with Gasteiger partial charge in [0.25, 0.3) is 5.91 Å². The number of hydrogen-bond donors (Lipinski definition) is 0. The van der Waals surface area contributed by atoms with Gasteiger partial charge in [-0.1, -0.05) is 48.2 Å². The smallest absolute Gasteiger partial charge is 0.270 e. The van der Waals surface area contributed by atoms with Crippen molar-refractivity contribution in [2.24, 2.45) is 0 Å². The van der Waals surface area contributed by atoms with E-state index in [1.54, 1.807) is 12.0 Å². The molecule has 1 saturated heterocycles. The number of carbonyl (C=O) groups excluding carboxylic acids is 1. The molecule has 0 aliphatic carbocycles. The van der Waals surface area contributed by atoms with Crippen LogP contribution in [-0.4, -0.2) is 17.3 Å². The number of thioether (sulfide) groups is 1. The highest BCUT2D eigenvalue weighted by Crippen LogP contribution is 2.37. The van der Waals surface area contributed by atoms with Gasteiger partial charge in [-0.2, -0.15) is 0 Å². The monoisotopic (exact) mass is 419 g/mol. The number of ether oxygens (including phenoxy) is 1. The van der Waals surface area contributed by atoms with Gasteiger partial charge in [0.05, 0.1) is 22.2 Å². The van der Waals surface area contributed by atoms with Crippen LogP contribution in [0.3, 0.4) is 0 Å². The molecule has 2 aromatic rings. The Morgan fingerprint density at radius 2 is 2.00 bits per heavy atom. The van der Waals surface area contributed by atoms with E-state index in [1.165, 1.54) is 11.8 Å². The molecular weight excluding hydrogens is 406 g/mol. The van der Waals surface area contributed by atoms with Crippen molar-refractivity contribution in [1.82, 2.24) is 0 Å². The lowest BCUT2D eigenvalue weighted by Gasteiger charge is -2.16. The van der Waals surface area contributed by atoms with Crippen LogP contribution in [0.4, 0.5) is 5.69 Å². The van der Waals surface area contributed by atoms with Crippen LogP contribution in [0.2, 0.25) is 0 Å². The fourth-order valence-corrected chi connectivity index (χ4v) is 4.26. The number of halogens is 1. The fraction of sp³-hybridized carbons (Fsp3) is 0.111. The predicted octanol–water partition coefficient (Wildman–Crippen LogP) is 5.17. The van der Waals surface area contributed by atoms with E-state index >= 15 is 0 Å². The van der Waals surface area contributed by atoms with Crippen LogP contribution >= 0.6 is 39.9 Å². The molecule has 0 N–H and O–H groups in total. The van der Waals surface area contributed by atoms with E-state index in [0.717, 1.165) is 27.0 Å². The van der Waals surface area contributed by atoms with E-state index in [4.69, 9.17) is 17.0 Å². The summed E-state index contributed by atoms with van der Waals surface area (Å²) in [5.74, 6) is 0.658. The van der Waals surface area contributed by atoms with Gasteiger partial charge in [0.2, 0.25) is 0 Å². The summed E-state index contributed by atoms with van der Waals surface area (Å²) in [7, 11) is 1.62. The minimum Gasteiger partial charge on any atom is -0.496 e. The normalized spacial score (nSPS) is 16.1. The topological polar surface area (TPSA) is 29.5 Å². The van der Waals surface area contributed by atoms with Gasteiger partial charge >= 0.3 is 0 Å². The van der Waals surface area contributed by atoms with Crippen molar-refractivity contribution >= 4 is 61.9 Å². The van der Waals surface area contributed by atoms with Gasteiger partial charge in [-0.25, -0.2) is 0 Å². The van der Waals surface area contributed by atoms with Crippen molar-refractivity contribution in [1.29, 1.82) is 0 Å². The largest absolute Gasteiger partial charge is 0.496 e. The van der Waals surface area contributed by atoms with Crippen molar-refractivity contribution in [3.63, 3.8) is 0 Å². The Kier molecular flexibility index (Phi) is 5.08. The molecule has 1 fully saturated rings. The van der Waals surface area contributed by atoms with E-state index in [9.17, 15) is 4.79 Å². The number of nitrogens with zero attached hydrogens (tertiary/aromatic N) is 1. The lowest BCUT2D eigenvalue weighted by atomic mass is 10.1. The highest BCUT2D eigenvalue weighted by molar-refractivity contribution is 9.10. The molecule has 0 aromatic heterocycles. The maximum Gasteiger partial charge on any atom is 0.270 e. The molecule has 0 spiro atoms. The molecule has 0 unspecified atom stereocenters. The summed E-state index contributed by atoms with van der Waals surface area (Å²) in [5, 5.41) is 0. The first-order valence-electron chi connectivity index (χ1n) is 7.18. The second-order valence-electron chi connectivity index (χ2n) is 5.20. The number of rotatable bonds is 3. The molecule has 24 heavy (non-hydrogen) atoms. The van der Waals surface area contributed by atoms with E-state index in [0.29, 0.717) is 9.23 Å². The van der Waals surface area contributed by atoms with Crippen LogP contribution in [0.25, 0.3) is 6.08 Å². The Hall–Kier alpha value is -1.63. The van der Waals surface area contributed by atoms with Gasteiger partial charge in [-0.15, -0.1) is 0 Å². The summed E-state index contributed by atoms with van der Waals surface area (Å²) in [4.78, 5) is 15.0. The van der Waals surface area contributed by atoms with Crippen LogP contribution in [0.5, 0.6) is 5.75 Å². The highest BCUT2D eigenvalue weighted by Gasteiger charge is 2.33. The average molecular weight is 420 g/mol. The summed E-state index contributed by atoms with van der Waals surface area (Å²) >= 11 is 10.2. The number of amides is 1. The van der Waals surface area contributed by atoms with Gasteiger partial charge < -0.3 is 4.74 Å². The molecular formula is C18H14BrNO2S2. The molecule has 0 saturated carbocycles. The van der Waals surface area contributed by atoms with Crippen molar-refractivity contribution in [2.75, 3.05) is 12.0 Å².